The molecule has 0 saturated carbocycles. The van der Waals surface area contributed by atoms with Crippen molar-refractivity contribution in [3.8, 4) is 5.75 Å². The Labute approximate surface area is 126 Å². The summed E-state index contributed by atoms with van der Waals surface area (Å²) >= 11 is 0. The summed E-state index contributed by atoms with van der Waals surface area (Å²) in [7, 11) is 1.70. The van der Waals surface area contributed by atoms with Gasteiger partial charge in [0.25, 0.3) is 0 Å². The Morgan fingerprint density at radius 2 is 1.76 bits per heavy atom. The second-order valence-electron chi connectivity index (χ2n) is 5.74. The van der Waals surface area contributed by atoms with Crippen molar-refractivity contribution in [2.24, 2.45) is 0 Å². The normalized spacial score (nSPS) is 22.1. The SMILES string of the molecule is COc1ccc(N2CCNC(C)(c3ccccc3)C2)cc1. The number of methoxy groups -OCH3 is 1. The zero-order chi connectivity index (χ0) is 14.7. The quantitative estimate of drug-likeness (QED) is 0.936. The molecule has 1 N–H and O–H groups in total. The molecule has 2 aromatic carbocycles. The lowest BCUT2D eigenvalue weighted by atomic mass is 9.89. The lowest BCUT2D eigenvalue weighted by molar-refractivity contribution is 0.332. The average Bonchev–Trinajstić information content (AvgIpc) is 2.56. The largest absolute Gasteiger partial charge is 0.497 e. The van der Waals surface area contributed by atoms with E-state index in [9.17, 15) is 0 Å². The van der Waals surface area contributed by atoms with Gasteiger partial charge in [0.05, 0.1) is 12.6 Å². The maximum Gasteiger partial charge on any atom is 0.119 e. The molecule has 0 aliphatic carbocycles. The second-order valence-corrected chi connectivity index (χ2v) is 5.74. The van der Waals surface area contributed by atoms with Crippen molar-refractivity contribution in [1.82, 2.24) is 5.32 Å². The van der Waals surface area contributed by atoms with Gasteiger partial charge in [0.15, 0.2) is 0 Å². The van der Waals surface area contributed by atoms with Crippen LogP contribution in [0.4, 0.5) is 5.69 Å². The number of benzene rings is 2. The van der Waals surface area contributed by atoms with Gasteiger partial charge in [0.1, 0.15) is 5.75 Å². The topological polar surface area (TPSA) is 24.5 Å². The van der Waals surface area contributed by atoms with E-state index in [1.54, 1.807) is 7.11 Å². The molecule has 3 heteroatoms. The molecule has 1 unspecified atom stereocenters. The lowest BCUT2D eigenvalue weighted by Crippen LogP contribution is -2.56. The van der Waals surface area contributed by atoms with E-state index in [4.69, 9.17) is 4.74 Å². The maximum absolute atomic E-state index is 5.24. The van der Waals surface area contributed by atoms with Gasteiger partial charge in [0.2, 0.25) is 0 Å². The summed E-state index contributed by atoms with van der Waals surface area (Å²) < 4.78 is 5.24. The van der Waals surface area contributed by atoms with E-state index in [0.717, 1.165) is 25.4 Å². The lowest BCUT2D eigenvalue weighted by Gasteiger charge is -2.43. The van der Waals surface area contributed by atoms with Crippen molar-refractivity contribution in [2.45, 2.75) is 12.5 Å². The molecule has 1 saturated heterocycles. The number of nitrogens with zero attached hydrogens (tertiary/aromatic N) is 1. The standard InChI is InChI=1S/C18H22N2O/c1-18(15-6-4-3-5-7-15)14-20(13-12-19-18)16-8-10-17(21-2)11-9-16/h3-11,19H,12-14H2,1-2H3. The summed E-state index contributed by atoms with van der Waals surface area (Å²) in [6.45, 7) is 5.24. The zero-order valence-corrected chi connectivity index (χ0v) is 12.7. The van der Waals surface area contributed by atoms with Gasteiger partial charge in [0, 0.05) is 25.3 Å². The monoisotopic (exact) mass is 282 g/mol. The summed E-state index contributed by atoms with van der Waals surface area (Å²) in [6.07, 6.45) is 0. The van der Waals surface area contributed by atoms with Crippen molar-refractivity contribution in [2.75, 3.05) is 31.6 Å². The smallest absolute Gasteiger partial charge is 0.119 e. The summed E-state index contributed by atoms with van der Waals surface area (Å²) in [5.41, 5.74) is 2.57. The van der Waals surface area contributed by atoms with Crippen molar-refractivity contribution < 1.29 is 4.74 Å². The van der Waals surface area contributed by atoms with Gasteiger partial charge in [-0.1, -0.05) is 30.3 Å². The van der Waals surface area contributed by atoms with Crippen molar-refractivity contribution >= 4 is 5.69 Å². The Balaban J connectivity index is 1.82. The third kappa shape index (κ3) is 2.88. The number of nitrogens with one attached hydrogen (secondary N) is 1. The third-order valence-electron chi connectivity index (χ3n) is 4.25. The first kappa shape index (κ1) is 14.0. The second kappa shape index (κ2) is 5.78. The highest BCUT2D eigenvalue weighted by molar-refractivity contribution is 5.50. The van der Waals surface area contributed by atoms with Gasteiger partial charge < -0.3 is 15.0 Å². The Kier molecular flexibility index (Phi) is 3.84. The van der Waals surface area contributed by atoms with Crippen LogP contribution >= 0.6 is 0 Å². The Hall–Kier alpha value is -2.00. The van der Waals surface area contributed by atoms with Crippen LogP contribution in [0.1, 0.15) is 12.5 Å². The van der Waals surface area contributed by atoms with Crippen LogP contribution in [0.3, 0.4) is 0 Å². The highest BCUT2D eigenvalue weighted by Crippen LogP contribution is 2.28. The van der Waals surface area contributed by atoms with Gasteiger partial charge in [-0.25, -0.2) is 0 Å². The maximum atomic E-state index is 5.24. The first-order valence-electron chi connectivity index (χ1n) is 7.41. The first-order valence-corrected chi connectivity index (χ1v) is 7.41. The molecule has 3 rings (SSSR count). The van der Waals surface area contributed by atoms with E-state index in [-0.39, 0.29) is 5.54 Å². The van der Waals surface area contributed by atoms with Crippen LogP contribution < -0.4 is 15.0 Å². The minimum Gasteiger partial charge on any atom is -0.497 e. The average molecular weight is 282 g/mol. The molecule has 3 nitrogen and oxygen atoms in total. The molecule has 1 heterocycles. The third-order valence-corrected chi connectivity index (χ3v) is 4.25. The van der Waals surface area contributed by atoms with Gasteiger partial charge in [-0.15, -0.1) is 0 Å². The molecular weight excluding hydrogens is 260 g/mol. The zero-order valence-electron chi connectivity index (χ0n) is 12.7. The molecule has 1 aliphatic heterocycles. The molecule has 1 aliphatic rings. The van der Waals surface area contributed by atoms with Crippen molar-refractivity contribution in [3.63, 3.8) is 0 Å². The predicted octanol–water partition coefficient (Wildman–Crippen LogP) is 3.02. The van der Waals surface area contributed by atoms with E-state index in [0.29, 0.717) is 0 Å². The molecule has 1 fully saturated rings. The molecule has 0 aromatic heterocycles. The van der Waals surface area contributed by atoms with E-state index < -0.39 is 0 Å². The fourth-order valence-corrected chi connectivity index (χ4v) is 3.00. The minimum atomic E-state index is -0.0144. The van der Waals surface area contributed by atoms with E-state index in [2.05, 4.69) is 59.6 Å². The molecule has 0 amide bonds. The number of anilines is 1. The van der Waals surface area contributed by atoms with Crippen LogP contribution in [0, 0.1) is 0 Å². The molecule has 1 atom stereocenters. The van der Waals surface area contributed by atoms with Crippen molar-refractivity contribution in [1.29, 1.82) is 0 Å². The molecule has 0 radical (unpaired) electrons. The molecular formula is C18H22N2O. The predicted molar refractivity (Wildman–Crippen MR) is 87.0 cm³/mol. The van der Waals surface area contributed by atoms with Crippen LogP contribution in [0.2, 0.25) is 0 Å². The molecule has 110 valence electrons. The van der Waals surface area contributed by atoms with Crippen LogP contribution in [-0.4, -0.2) is 26.7 Å². The summed E-state index contributed by atoms with van der Waals surface area (Å²) in [4.78, 5) is 2.43. The summed E-state index contributed by atoms with van der Waals surface area (Å²) in [6, 6.07) is 19.0. The first-order chi connectivity index (χ1) is 10.2. The Bertz CT molecular complexity index is 582. The number of hydrogen-bond acceptors (Lipinski definition) is 3. The molecule has 2 aromatic rings. The number of hydrogen-bond donors (Lipinski definition) is 1. The highest BCUT2D eigenvalue weighted by Gasteiger charge is 2.32. The van der Waals surface area contributed by atoms with Gasteiger partial charge >= 0.3 is 0 Å². The number of piperazine rings is 1. The summed E-state index contributed by atoms with van der Waals surface area (Å²) in [5.74, 6) is 0.903. The fourth-order valence-electron chi connectivity index (χ4n) is 3.00. The Morgan fingerprint density at radius 3 is 2.43 bits per heavy atom. The van der Waals surface area contributed by atoms with Crippen LogP contribution in [-0.2, 0) is 5.54 Å². The van der Waals surface area contributed by atoms with E-state index in [1.165, 1.54) is 11.3 Å². The van der Waals surface area contributed by atoms with Gasteiger partial charge in [-0.3, -0.25) is 0 Å². The fraction of sp³-hybridized carbons (Fsp3) is 0.333. The van der Waals surface area contributed by atoms with Crippen LogP contribution in [0.15, 0.2) is 54.6 Å². The number of rotatable bonds is 3. The van der Waals surface area contributed by atoms with E-state index in [1.807, 2.05) is 12.1 Å². The summed E-state index contributed by atoms with van der Waals surface area (Å²) in [5, 5.41) is 3.67. The van der Waals surface area contributed by atoms with Gasteiger partial charge in [-0.05, 0) is 36.8 Å². The van der Waals surface area contributed by atoms with Crippen LogP contribution in [0.5, 0.6) is 5.75 Å². The van der Waals surface area contributed by atoms with Gasteiger partial charge in [-0.2, -0.15) is 0 Å². The number of ether oxygens (including phenoxy) is 1. The van der Waals surface area contributed by atoms with Crippen molar-refractivity contribution in [3.05, 3.63) is 60.2 Å². The molecule has 0 spiro atoms. The molecule has 21 heavy (non-hydrogen) atoms. The highest BCUT2D eigenvalue weighted by atomic mass is 16.5. The minimum absolute atomic E-state index is 0.0144. The Morgan fingerprint density at radius 1 is 1.05 bits per heavy atom. The van der Waals surface area contributed by atoms with Crippen LogP contribution in [0.25, 0.3) is 0 Å². The van der Waals surface area contributed by atoms with E-state index >= 15 is 0 Å². The molecule has 0 bridgehead atoms.